The van der Waals surface area contributed by atoms with Crippen LogP contribution in [0.1, 0.15) is 27.9 Å². The van der Waals surface area contributed by atoms with Crippen molar-refractivity contribution in [2.45, 2.75) is 20.3 Å². The zero-order valence-electron chi connectivity index (χ0n) is 19.2. The van der Waals surface area contributed by atoms with E-state index in [-0.39, 0.29) is 5.91 Å². The van der Waals surface area contributed by atoms with E-state index in [4.69, 9.17) is 9.72 Å². The lowest BCUT2D eigenvalue weighted by molar-refractivity contribution is 0.0376. The summed E-state index contributed by atoms with van der Waals surface area (Å²) in [5.41, 5.74) is 4.07. The van der Waals surface area contributed by atoms with Crippen LogP contribution in [0.25, 0.3) is 21.0 Å². The largest absolute Gasteiger partial charge is 0.379 e. The molecule has 1 fully saturated rings. The summed E-state index contributed by atoms with van der Waals surface area (Å²) in [4.78, 5) is 22.9. The summed E-state index contributed by atoms with van der Waals surface area (Å²) in [5.74, 6) is 0.0103. The monoisotopic (exact) mass is 459 g/mol. The van der Waals surface area contributed by atoms with E-state index < -0.39 is 0 Å². The van der Waals surface area contributed by atoms with Gasteiger partial charge in [0.15, 0.2) is 5.13 Å². The SMILES string of the molecule is Cc1cc(C)c2sc(N(CCCN3CCOCC3)C(=O)c3ccc4ccccc4c3)nc2c1. The van der Waals surface area contributed by atoms with Crippen molar-refractivity contribution >= 4 is 43.4 Å². The molecule has 33 heavy (non-hydrogen) atoms. The predicted molar refractivity (Wildman–Crippen MR) is 137 cm³/mol. The number of anilines is 1. The number of hydrogen-bond acceptors (Lipinski definition) is 5. The molecule has 170 valence electrons. The quantitative estimate of drug-likeness (QED) is 0.385. The molecule has 5 rings (SSSR count). The van der Waals surface area contributed by atoms with E-state index in [9.17, 15) is 4.79 Å². The van der Waals surface area contributed by atoms with Crippen molar-refractivity contribution in [3.8, 4) is 0 Å². The molecule has 4 aromatic rings. The fraction of sp³-hybridized carbons (Fsp3) is 0.333. The lowest BCUT2D eigenvalue weighted by atomic mass is 10.1. The minimum atomic E-state index is 0.0103. The van der Waals surface area contributed by atoms with Gasteiger partial charge in [-0.25, -0.2) is 4.98 Å². The number of carbonyl (C=O) groups is 1. The summed E-state index contributed by atoms with van der Waals surface area (Å²) in [6, 6.07) is 18.4. The second kappa shape index (κ2) is 9.59. The number of carbonyl (C=O) groups excluding carboxylic acids is 1. The highest BCUT2D eigenvalue weighted by Gasteiger charge is 2.22. The second-order valence-electron chi connectivity index (χ2n) is 8.75. The Bertz CT molecular complexity index is 1290. The van der Waals surface area contributed by atoms with Gasteiger partial charge in [-0.1, -0.05) is 47.7 Å². The van der Waals surface area contributed by atoms with E-state index in [1.165, 1.54) is 11.1 Å². The van der Waals surface area contributed by atoms with E-state index in [1.807, 2.05) is 35.2 Å². The number of morpholine rings is 1. The molecule has 1 aliphatic heterocycles. The maximum absolute atomic E-state index is 13.8. The van der Waals surface area contributed by atoms with Gasteiger partial charge in [0.25, 0.3) is 5.91 Å². The fourth-order valence-electron chi connectivity index (χ4n) is 4.52. The second-order valence-corrected chi connectivity index (χ2v) is 9.73. The predicted octanol–water partition coefficient (Wildman–Crippen LogP) is 5.44. The molecular formula is C27H29N3O2S. The van der Waals surface area contributed by atoms with Gasteiger partial charge in [0.1, 0.15) is 0 Å². The number of benzene rings is 3. The Hall–Kier alpha value is -2.80. The van der Waals surface area contributed by atoms with Crippen LogP contribution in [0.2, 0.25) is 0 Å². The van der Waals surface area contributed by atoms with Crippen LogP contribution in [0.5, 0.6) is 0 Å². The summed E-state index contributed by atoms with van der Waals surface area (Å²) < 4.78 is 6.62. The minimum absolute atomic E-state index is 0.0103. The van der Waals surface area contributed by atoms with Crippen LogP contribution in [0.15, 0.2) is 54.6 Å². The average molecular weight is 460 g/mol. The first-order chi connectivity index (χ1) is 16.1. The first-order valence-electron chi connectivity index (χ1n) is 11.6. The minimum Gasteiger partial charge on any atom is -0.379 e. The summed E-state index contributed by atoms with van der Waals surface area (Å²) in [5, 5.41) is 2.99. The molecule has 2 heterocycles. The molecule has 1 saturated heterocycles. The maximum Gasteiger partial charge on any atom is 0.260 e. The van der Waals surface area contributed by atoms with Gasteiger partial charge in [0.05, 0.1) is 23.4 Å². The van der Waals surface area contributed by atoms with Crippen LogP contribution in [0.4, 0.5) is 5.13 Å². The lowest BCUT2D eigenvalue weighted by Crippen LogP contribution is -2.39. The number of nitrogens with zero attached hydrogens (tertiary/aromatic N) is 3. The highest BCUT2D eigenvalue weighted by molar-refractivity contribution is 7.22. The molecule has 1 amide bonds. The van der Waals surface area contributed by atoms with Crippen LogP contribution in [0, 0.1) is 13.8 Å². The maximum atomic E-state index is 13.8. The van der Waals surface area contributed by atoms with Crippen molar-refractivity contribution in [1.29, 1.82) is 0 Å². The lowest BCUT2D eigenvalue weighted by Gasteiger charge is -2.27. The fourth-order valence-corrected chi connectivity index (χ4v) is 5.56. The topological polar surface area (TPSA) is 45.7 Å². The molecule has 0 N–H and O–H groups in total. The number of rotatable bonds is 6. The Balaban J connectivity index is 1.45. The molecule has 3 aromatic carbocycles. The molecule has 0 unspecified atom stereocenters. The zero-order chi connectivity index (χ0) is 22.8. The van der Waals surface area contributed by atoms with Crippen molar-refractivity contribution in [3.63, 3.8) is 0 Å². The summed E-state index contributed by atoms with van der Waals surface area (Å²) in [6.45, 7) is 9.29. The highest BCUT2D eigenvalue weighted by Crippen LogP contribution is 2.33. The summed E-state index contributed by atoms with van der Waals surface area (Å²) in [6.07, 6.45) is 0.896. The van der Waals surface area contributed by atoms with Crippen LogP contribution in [-0.2, 0) is 4.74 Å². The Kier molecular flexibility index (Phi) is 6.40. The highest BCUT2D eigenvalue weighted by atomic mass is 32.1. The number of hydrogen-bond donors (Lipinski definition) is 0. The average Bonchev–Trinajstić information content (AvgIpc) is 3.26. The molecule has 1 aliphatic rings. The molecule has 0 bridgehead atoms. The van der Waals surface area contributed by atoms with E-state index in [1.54, 1.807) is 11.3 Å². The van der Waals surface area contributed by atoms with Gasteiger partial charge in [0, 0.05) is 31.7 Å². The van der Waals surface area contributed by atoms with Gasteiger partial charge in [-0.3, -0.25) is 14.6 Å². The number of aromatic nitrogens is 1. The van der Waals surface area contributed by atoms with Crippen molar-refractivity contribution in [2.75, 3.05) is 44.3 Å². The van der Waals surface area contributed by atoms with E-state index in [2.05, 4.69) is 43.0 Å². The molecule has 0 atom stereocenters. The Morgan fingerprint density at radius 1 is 1.06 bits per heavy atom. The standard InChI is InChI=1S/C27H29N3O2S/c1-19-16-20(2)25-24(17-19)28-27(33-25)30(11-5-10-29-12-14-32-15-13-29)26(31)23-9-8-21-6-3-4-7-22(21)18-23/h3-4,6-9,16-18H,5,10-15H2,1-2H3. The van der Waals surface area contributed by atoms with Crippen molar-refractivity contribution in [3.05, 3.63) is 71.3 Å². The normalized spacial score (nSPS) is 14.7. The summed E-state index contributed by atoms with van der Waals surface area (Å²) in [7, 11) is 0. The van der Waals surface area contributed by atoms with Crippen LogP contribution in [-0.4, -0.2) is 55.2 Å². The van der Waals surface area contributed by atoms with E-state index in [0.29, 0.717) is 12.1 Å². The zero-order valence-corrected chi connectivity index (χ0v) is 20.0. The number of ether oxygens (including phenoxy) is 1. The summed E-state index contributed by atoms with van der Waals surface area (Å²) >= 11 is 1.61. The molecule has 5 nitrogen and oxygen atoms in total. The first-order valence-corrected chi connectivity index (χ1v) is 12.4. The van der Waals surface area contributed by atoms with E-state index >= 15 is 0 Å². The molecule has 0 spiro atoms. The number of aryl methyl sites for hydroxylation is 2. The number of thiazole rings is 1. The van der Waals surface area contributed by atoms with Crippen LogP contribution < -0.4 is 4.90 Å². The number of fused-ring (bicyclic) bond motifs is 2. The first kappa shape index (κ1) is 22.0. The molecule has 1 aromatic heterocycles. The molecule has 0 radical (unpaired) electrons. The Morgan fingerprint density at radius 2 is 1.85 bits per heavy atom. The van der Waals surface area contributed by atoms with Gasteiger partial charge in [-0.15, -0.1) is 0 Å². The Morgan fingerprint density at radius 3 is 2.67 bits per heavy atom. The van der Waals surface area contributed by atoms with Gasteiger partial charge in [-0.05, 0) is 60.4 Å². The molecule has 6 heteroatoms. The van der Waals surface area contributed by atoms with E-state index in [0.717, 1.165) is 65.4 Å². The van der Waals surface area contributed by atoms with Crippen LogP contribution >= 0.6 is 11.3 Å². The third-order valence-corrected chi connectivity index (χ3v) is 7.47. The molecule has 0 aliphatic carbocycles. The molecular weight excluding hydrogens is 430 g/mol. The van der Waals surface area contributed by atoms with Crippen LogP contribution in [0.3, 0.4) is 0 Å². The van der Waals surface area contributed by atoms with Crippen molar-refractivity contribution < 1.29 is 9.53 Å². The van der Waals surface area contributed by atoms with Gasteiger partial charge >= 0.3 is 0 Å². The third kappa shape index (κ3) is 4.78. The van der Waals surface area contributed by atoms with Crippen molar-refractivity contribution in [1.82, 2.24) is 9.88 Å². The smallest absolute Gasteiger partial charge is 0.260 e. The van der Waals surface area contributed by atoms with Gasteiger partial charge in [0.2, 0.25) is 0 Å². The Labute approximate surface area is 198 Å². The van der Waals surface area contributed by atoms with Gasteiger partial charge < -0.3 is 4.74 Å². The third-order valence-electron chi connectivity index (χ3n) is 6.24. The number of amides is 1. The van der Waals surface area contributed by atoms with Crippen molar-refractivity contribution in [2.24, 2.45) is 0 Å². The molecule has 0 saturated carbocycles. The van der Waals surface area contributed by atoms with Gasteiger partial charge in [-0.2, -0.15) is 0 Å².